The molecule has 1 unspecified atom stereocenters. The summed E-state index contributed by atoms with van der Waals surface area (Å²) in [5, 5.41) is 0.750. The van der Waals surface area contributed by atoms with Crippen molar-refractivity contribution in [1.82, 2.24) is 9.97 Å². The van der Waals surface area contributed by atoms with Gasteiger partial charge in [-0.1, -0.05) is 18.5 Å². The summed E-state index contributed by atoms with van der Waals surface area (Å²) in [6.45, 7) is 4.23. The van der Waals surface area contributed by atoms with Crippen LogP contribution in [0.3, 0.4) is 0 Å². The average molecular weight is 324 g/mol. The number of halogens is 2. The first-order chi connectivity index (χ1) is 9.54. The Bertz CT molecular complexity index is 641. The van der Waals surface area contributed by atoms with E-state index >= 15 is 0 Å². The zero-order chi connectivity index (χ0) is 14.3. The molecular formula is C16H19Cl2N3. The number of aryl methyl sites for hydroxylation is 1. The summed E-state index contributed by atoms with van der Waals surface area (Å²) in [5.74, 6) is 2.52. The molecule has 1 atom stereocenters. The van der Waals surface area contributed by atoms with Crippen LogP contribution in [0.4, 0.5) is 11.5 Å². The first-order valence-corrected chi connectivity index (χ1v) is 7.28. The summed E-state index contributed by atoms with van der Waals surface area (Å²) in [5.41, 5.74) is 3.59. The predicted molar refractivity (Wildman–Crippen MR) is 90.1 cm³/mol. The molecule has 3 nitrogen and oxygen atoms in total. The van der Waals surface area contributed by atoms with Crippen molar-refractivity contribution >= 4 is 35.5 Å². The fraction of sp³-hybridized carbons (Fsp3) is 0.375. The van der Waals surface area contributed by atoms with Gasteiger partial charge in [0.25, 0.3) is 0 Å². The standard InChI is InChI=1S/C16H18ClN3.ClH/c1-10-8-14-15(9-10)18-11(2)19-16(14)20(3)13-6-4-12(17)5-7-13;/h4-7,10H,8-9H2,1-3H3;1H. The number of fused-ring (bicyclic) bond motifs is 1. The largest absolute Gasteiger partial charge is 0.329 e. The Morgan fingerprint density at radius 3 is 2.48 bits per heavy atom. The van der Waals surface area contributed by atoms with Crippen molar-refractivity contribution in [3.63, 3.8) is 0 Å². The molecule has 21 heavy (non-hydrogen) atoms. The lowest BCUT2D eigenvalue weighted by molar-refractivity contribution is 0.623. The zero-order valence-electron chi connectivity index (χ0n) is 12.4. The van der Waals surface area contributed by atoms with Crippen LogP contribution in [0.15, 0.2) is 24.3 Å². The molecule has 0 saturated heterocycles. The van der Waals surface area contributed by atoms with E-state index in [1.54, 1.807) is 0 Å². The molecule has 112 valence electrons. The van der Waals surface area contributed by atoms with Gasteiger partial charge in [0, 0.05) is 29.0 Å². The lowest BCUT2D eigenvalue weighted by atomic mass is 10.1. The summed E-state index contributed by atoms with van der Waals surface area (Å²) in [7, 11) is 2.05. The van der Waals surface area contributed by atoms with Crippen LogP contribution in [0, 0.1) is 12.8 Å². The van der Waals surface area contributed by atoms with Crippen LogP contribution in [0.2, 0.25) is 5.02 Å². The van der Waals surface area contributed by atoms with E-state index in [0.717, 1.165) is 35.2 Å². The maximum atomic E-state index is 5.96. The molecule has 0 N–H and O–H groups in total. The quantitative estimate of drug-likeness (QED) is 0.822. The fourth-order valence-corrected chi connectivity index (χ4v) is 2.96. The molecule has 0 aliphatic heterocycles. The van der Waals surface area contributed by atoms with Gasteiger partial charge in [0.15, 0.2) is 0 Å². The molecule has 0 fully saturated rings. The number of hydrogen-bond acceptors (Lipinski definition) is 3. The summed E-state index contributed by atoms with van der Waals surface area (Å²) >= 11 is 5.96. The van der Waals surface area contributed by atoms with Gasteiger partial charge in [0.05, 0.1) is 0 Å². The van der Waals surface area contributed by atoms with Crippen molar-refractivity contribution in [3.8, 4) is 0 Å². The van der Waals surface area contributed by atoms with E-state index in [-0.39, 0.29) is 12.4 Å². The highest BCUT2D eigenvalue weighted by molar-refractivity contribution is 6.30. The van der Waals surface area contributed by atoms with E-state index in [4.69, 9.17) is 11.6 Å². The van der Waals surface area contributed by atoms with Gasteiger partial charge in [-0.05, 0) is 49.9 Å². The van der Waals surface area contributed by atoms with Gasteiger partial charge in [-0.3, -0.25) is 0 Å². The first kappa shape index (κ1) is 16.1. The summed E-state index contributed by atoms with van der Waals surface area (Å²) < 4.78 is 0. The average Bonchev–Trinajstić information content (AvgIpc) is 2.78. The third kappa shape index (κ3) is 3.14. The van der Waals surface area contributed by atoms with Crippen LogP contribution in [-0.2, 0) is 12.8 Å². The number of aromatic nitrogens is 2. The van der Waals surface area contributed by atoms with Crippen molar-refractivity contribution in [2.75, 3.05) is 11.9 Å². The van der Waals surface area contributed by atoms with Crippen LogP contribution in [0.1, 0.15) is 24.0 Å². The number of anilines is 2. The number of hydrogen-bond donors (Lipinski definition) is 0. The molecule has 0 bridgehead atoms. The Kier molecular flexibility index (Phi) is 4.74. The highest BCUT2D eigenvalue weighted by atomic mass is 35.5. The predicted octanol–water partition coefficient (Wildman–Crippen LogP) is 4.36. The normalized spacial score (nSPS) is 16.3. The molecular weight excluding hydrogens is 305 g/mol. The molecule has 5 heteroatoms. The second kappa shape index (κ2) is 6.20. The van der Waals surface area contributed by atoms with Gasteiger partial charge in [-0.2, -0.15) is 0 Å². The van der Waals surface area contributed by atoms with Crippen molar-refractivity contribution in [2.24, 2.45) is 5.92 Å². The van der Waals surface area contributed by atoms with Gasteiger partial charge in [-0.15, -0.1) is 12.4 Å². The van der Waals surface area contributed by atoms with Crippen LogP contribution in [0.25, 0.3) is 0 Å². The number of rotatable bonds is 2. The molecule has 0 amide bonds. The molecule has 2 aromatic rings. The van der Waals surface area contributed by atoms with E-state index in [1.807, 2.05) is 38.2 Å². The molecule has 1 aliphatic rings. The van der Waals surface area contributed by atoms with Crippen molar-refractivity contribution in [3.05, 3.63) is 46.4 Å². The first-order valence-electron chi connectivity index (χ1n) is 6.90. The second-order valence-corrected chi connectivity index (χ2v) is 6.00. The molecule has 1 aromatic carbocycles. The van der Waals surface area contributed by atoms with Gasteiger partial charge >= 0.3 is 0 Å². The molecule has 3 rings (SSSR count). The van der Waals surface area contributed by atoms with Gasteiger partial charge in [-0.25, -0.2) is 9.97 Å². The molecule has 0 radical (unpaired) electrons. The smallest absolute Gasteiger partial charge is 0.139 e. The van der Waals surface area contributed by atoms with E-state index in [0.29, 0.717) is 5.92 Å². The maximum absolute atomic E-state index is 5.96. The summed E-state index contributed by atoms with van der Waals surface area (Å²) in [4.78, 5) is 11.4. The number of nitrogens with zero attached hydrogens (tertiary/aromatic N) is 3. The van der Waals surface area contributed by atoms with Crippen molar-refractivity contribution < 1.29 is 0 Å². The maximum Gasteiger partial charge on any atom is 0.139 e. The van der Waals surface area contributed by atoms with Crippen LogP contribution in [-0.4, -0.2) is 17.0 Å². The Hall–Kier alpha value is -1.32. The topological polar surface area (TPSA) is 29.0 Å². The molecule has 1 aromatic heterocycles. The highest BCUT2D eigenvalue weighted by Crippen LogP contribution is 2.34. The Labute approximate surface area is 136 Å². The summed E-state index contributed by atoms with van der Waals surface area (Å²) in [6.07, 6.45) is 2.11. The Balaban J connectivity index is 0.00000161. The van der Waals surface area contributed by atoms with E-state index in [2.05, 4.69) is 21.8 Å². The lowest BCUT2D eigenvalue weighted by Crippen LogP contribution is -2.15. The van der Waals surface area contributed by atoms with Gasteiger partial charge in [0.2, 0.25) is 0 Å². The van der Waals surface area contributed by atoms with Crippen molar-refractivity contribution in [1.29, 1.82) is 0 Å². The van der Waals surface area contributed by atoms with Crippen LogP contribution < -0.4 is 4.90 Å². The lowest BCUT2D eigenvalue weighted by Gasteiger charge is -2.21. The van der Waals surface area contributed by atoms with Crippen LogP contribution >= 0.6 is 24.0 Å². The van der Waals surface area contributed by atoms with Gasteiger partial charge < -0.3 is 4.90 Å². The number of benzene rings is 1. The molecule has 0 saturated carbocycles. The van der Waals surface area contributed by atoms with Gasteiger partial charge in [0.1, 0.15) is 11.6 Å². The Morgan fingerprint density at radius 1 is 1.14 bits per heavy atom. The van der Waals surface area contributed by atoms with E-state index < -0.39 is 0 Å². The SMILES string of the molecule is Cc1nc2c(c(N(C)c3ccc(Cl)cc3)n1)CC(C)C2.Cl. The highest BCUT2D eigenvalue weighted by Gasteiger charge is 2.25. The molecule has 1 aliphatic carbocycles. The summed E-state index contributed by atoms with van der Waals surface area (Å²) in [6, 6.07) is 7.85. The fourth-order valence-electron chi connectivity index (χ4n) is 2.83. The minimum Gasteiger partial charge on any atom is -0.329 e. The molecule has 1 heterocycles. The monoisotopic (exact) mass is 323 g/mol. The molecule has 0 spiro atoms. The van der Waals surface area contributed by atoms with E-state index in [1.165, 1.54) is 11.3 Å². The van der Waals surface area contributed by atoms with E-state index in [9.17, 15) is 0 Å². The third-order valence-corrected chi connectivity index (χ3v) is 4.06. The minimum atomic E-state index is 0. The Morgan fingerprint density at radius 2 is 1.81 bits per heavy atom. The zero-order valence-corrected chi connectivity index (χ0v) is 14.0. The third-order valence-electron chi connectivity index (χ3n) is 3.81. The minimum absolute atomic E-state index is 0. The van der Waals surface area contributed by atoms with Crippen molar-refractivity contribution in [2.45, 2.75) is 26.7 Å². The van der Waals surface area contributed by atoms with Crippen LogP contribution in [0.5, 0.6) is 0 Å². The second-order valence-electron chi connectivity index (χ2n) is 5.57.